The van der Waals surface area contributed by atoms with Crippen LogP contribution in [0, 0.1) is 18.6 Å². The summed E-state index contributed by atoms with van der Waals surface area (Å²) in [5.74, 6) is -3.02. The number of carbonyl (C=O) groups is 1. The SMILES string of the molecule is COc1ncc(-c2cc(NC(=O)c3csc(CN4C[C@@H](C)O[C@@H](C)C4)n3)c3cnn(S(=O)(=O)c4ccc(C)cc4)c3c2)cc1NS(=O)(=O)c1ccc(F)cc1F. The first-order chi connectivity index (χ1) is 26.6. The number of aromatic nitrogens is 4. The summed E-state index contributed by atoms with van der Waals surface area (Å²) in [7, 11) is -7.63. The lowest BCUT2D eigenvalue weighted by Crippen LogP contribution is -2.44. The zero-order valence-electron chi connectivity index (χ0n) is 30.4. The molecule has 1 aliphatic rings. The van der Waals surface area contributed by atoms with Gasteiger partial charge in [0.2, 0.25) is 5.88 Å². The smallest absolute Gasteiger partial charge is 0.283 e. The maximum Gasteiger partial charge on any atom is 0.283 e. The lowest BCUT2D eigenvalue weighted by Gasteiger charge is -2.34. The van der Waals surface area contributed by atoms with Crippen molar-refractivity contribution in [3.8, 4) is 17.0 Å². The molecule has 0 saturated carbocycles. The molecule has 19 heteroatoms. The van der Waals surface area contributed by atoms with Crippen molar-refractivity contribution >= 4 is 59.6 Å². The number of rotatable bonds is 11. The molecule has 3 aromatic heterocycles. The van der Waals surface area contributed by atoms with Gasteiger partial charge in [-0.05, 0) is 68.8 Å². The number of nitrogens with zero attached hydrogens (tertiary/aromatic N) is 5. The van der Waals surface area contributed by atoms with Gasteiger partial charge in [-0.25, -0.2) is 27.2 Å². The van der Waals surface area contributed by atoms with E-state index in [0.717, 1.165) is 39.9 Å². The number of amides is 1. The van der Waals surface area contributed by atoms with Gasteiger partial charge in [0.15, 0.2) is 0 Å². The van der Waals surface area contributed by atoms with Crippen molar-refractivity contribution < 1.29 is 39.9 Å². The predicted octanol–water partition coefficient (Wildman–Crippen LogP) is 6.05. The van der Waals surface area contributed by atoms with E-state index in [1.807, 2.05) is 20.8 Å². The molecule has 1 amide bonds. The number of carbonyl (C=O) groups excluding carboxylic acids is 1. The summed E-state index contributed by atoms with van der Waals surface area (Å²) < 4.78 is 96.7. The highest BCUT2D eigenvalue weighted by Gasteiger charge is 2.27. The first-order valence-electron chi connectivity index (χ1n) is 17.1. The van der Waals surface area contributed by atoms with Crippen LogP contribution in [0.15, 0.2) is 88.2 Å². The van der Waals surface area contributed by atoms with Crippen LogP contribution in [0.25, 0.3) is 22.0 Å². The zero-order valence-corrected chi connectivity index (χ0v) is 32.8. The average Bonchev–Trinajstić information content (AvgIpc) is 3.79. The summed E-state index contributed by atoms with van der Waals surface area (Å²) in [5.41, 5.74) is 1.57. The van der Waals surface area contributed by atoms with Gasteiger partial charge in [0.1, 0.15) is 32.9 Å². The van der Waals surface area contributed by atoms with Crippen molar-refractivity contribution in [2.75, 3.05) is 30.2 Å². The summed E-state index contributed by atoms with van der Waals surface area (Å²) in [5, 5.41) is 9.72. The highest BCUT2D eigenvalue weighted by Crippen LogP contribution is 2.36. The molecule has 1 aliphatic heterocycles. The third-order valence-corrected chi connectivity index (χ3v) is 12.7. The lowest BCUT2D eigenvalue weighted by atomic mass is 10.0. The van der Waals surface area contributed by atoms with Crippen molar-refractivity contribution in [1.29, 1.82) is 0 Å². The highest BCUT2D eigenvalue weighted by atomic mass is 32.2. The van der Waals surface area contributed by atoms with Crippen LogP contribution < -0.4 is 14.8 Å². The van der Waals surface area contributed by atoms with Gasteiger partial charge in [-0.1, -0.05) is 17.7 Å². The van der Waals surface area contributed by atoms with Crippen LogP contribution in [0.1, 0.15) is 34.9 Å². The Kier molecular flexibility index (Phi) is 10.6. The fourth-order valence-electron chi connectivity index (χ4n) is 6.39. The number of fused-ring (bicyclic) bond motifs is 1. The van der Waals surface area contributed by atoms with Crippen LogP contribution >= 0.6 is 11.3 Å². The van der Waals surface area contributed by atoms with Gasteiger partial charge in [-0.3, -0.25) is 14.4 Å². The van der Waals surface area contributed by atoms with Crippen LogP contribution in [0.3, 0.4) is 0 Å². The number of thiazole rings is 1. The van der Waals surface area contributed by atoms with Crippen molar-refractivity contribution in [2.45, 2.75) is 49.3 Å². The quantitative estimate of drug-likeness (QED) is 0.156. The van der Waals surface area contributed by atoms with Gasteiger partial charge in [0.25, 0.3) is 26.0 Å². The van der Waals surface area contributed by atoms with E-state index in [4.69, 9.17) is 9.47 Å². The molecule has 1 fully saturated rings. The van der Waals surface area contributed by atoms with E-state index >= 15 is 0 Å². The number of ether oxygens (including phenoxy) is 2. The molecule has 6 aromatic rings. The second-order valence-corrected chi connectivity index (χ2v) is 17.6. The number of hydrogen-bond donors (Lipinski definition) is 2. The Morgan fingerprint density at radius 1 is 0.964 bits per heavy atom. The van der Waals surface area contributed by atoms with Gasteiger partial charge in [0, 0.05) is 41.7 Å². The molecule has 292 valence electrons. The molecule has 2 atom stereocenters. The third kappa shape index (κ3) is 7.98. The number of methoxy groups -OCH3 is 1. The largest absolute Gasteiger partial charge is 0.480 e. The maximum absolute atomic E-state index is 14.6. The molecule has 0 unspecified atom stereocenters. The summed E-state index contributed by atoms with van der Waals surface area (Å²) in [4.78, 5) is 23.9. The Morgan fingerprint density at radius 2 is 1.68 bits per heavy atom. The van der Waals surface area contributed by atoms with Crippen molar-refractivity contribution in [3.05, 3.63) is 106 Å². The van der Waals surface area contributed by atoms with Gasteiger partial charge in [0.05, 0.1) is 48.2 Å². The van der Waals surface area contributed by atoms with E-state index in [9.17, 15) is 30.4 Å². The standard InChI is InChI=1S/C37H35F2N7O7S3/c1-21-5-8-27(9-6-21)56(50,51)46-33-13-24(25-12-31(37(52-4)40-15-25)44-55(48,49)34-10-7-26(38)14-29(34)39)11-30(28(33)16-41-46)43-36(47)32-20-54-35(42-32)19-45-17-22(2)53-23(3)18-45/h5-16,20,22-23,44H,17-19H2,1-4H3,(H,43,47)/t22-,23+. The van der Waals surface area contributed by atoms with E-state index < -0.39 is 42.5 Å². The molecule has 0 aliphatic carbocycles. The fraction of sp³-hybridized carbons (Fsp3) is 0.243. The van der Waals surface area contributed by atoms with Crippen LogP contribution in [0.2, 0.25) is 0 Å². The number of halogens is 2. The Labute approximate surface area is 325 Å². The van der Waals surface area contributed by atoms with E-state index in [0.29, 0.717) is 12.6 Å². The van der Waals surface area contributed by atoms with E-state index in [-0.39, 0.29) is 62.1 Å². The normalized spacial score (nSPS) is 16.5. The average molecular weight is 824 g/mol. The van der Waals surface area contributed by atoms with Crippen LogP contribution in [0.5, 0.6) is 5.88 Å². The minimum atomic E-state index is -4.62. The molecule has 0 spiro atoms. The van der Waals surface area contributed by atoms with E-state index in [2.05, 4.69) is 30.0 Å². The molecule has 0 bridgehead atoms. The molecule has 56 heavy (non-hydrogen) atoms. The van der Waals surface area contributed by atoms with E-state index in [1.165, 1.54) is 55.1 Å². The van der Waals surface area contributed by atoms with Crippen molar-refractivity contribution in [1.82, 2.24) is 24.1 Å². The van der Waals surface area contributed by atoms with Gasteiger partial charge < -0.3 is 14.8 Å². The second kappa shape index (κ2) is 15.3. The number of morpholine rings is 1. The van der Waals surface area contributed by atoms with E-state index in [1.54, 1.807) is 23.6 Å². The predicted molar refractivity (Wildman–Crippen MR) is 206 cm³/mol. The Morgan fingerprint density at radius 3 is 2.38 bits per heavy atom. The lowest BCUT2D eigenvalue weighted by molar-refractivity contribution is -0.0705. The molecule has 4 heterocycles. The Bertz CT molecular complexity index is 2680. The molecule has 14 nitrogen and oxygen atoms in total. The molecule has 7 rings (SSSR count). The molecule has 3 aromatic carbocycles. The third-order valence-electron chi connectivity index (χ3n) is 8.89. The zero-order chi connectivity index (χ0) is 39.9. The summed E-state index contributed by atoms with van der Waals surface area (Å²) in [6, 6.07) is 12.6. The molecule has 0 radical (unpaired) electrons. The Hall–Kier alpha value is -5.34. The summed E-state index contributed by atoms with van der Waals surface area (Å²) in [6.45, 7) is 7.80. The molecular formula is C37H35F2N7O7S3. The number of sulfonamides is 1. The van der Waals surface area contributed by atoms with Crippen LogP contribution in [-0.4, -0.2) is 79.2 Å². The topological polar surface area (TPSA) is 175 Å². The number of pyridine rings is 1. The number of aryl methyl sites for hydroxylation is 1. The maximum atomic E-state index is 14.6. The Balaban J connectivity index is 1.28. The minimum Gasteiger partial charge on any atom is -0.480 e. The molecule has 1 saturated heterocycles. The minimum absolute atomic E-state index is 0.0287. The highest BCUT2D eigenvalue weighted by molar-refractivity contribution is 7.92. The van der Waals surface area contributed by atoms with Gasteiger partial charge in [-0.2, -0.15) is 17.6 Å². The van der Waals surface area contributed by atoms with Crippen LogP contribution in [-0.2, 0) is 31.3 Å². The summed E-state index contributed by atoms with van der Waals surface area (Å²) in [6.07, 6.45) is 2.78. The van der Waals surface area contributed by atoms with Gasteiger partial charge >= 0.3 is 0 Å². The summed E-state index contributed by atoms with van der Waals surface area (Å²) >= 11 is 1.34. The number of benzene rings is 3. The number of nitrogens with one attached hydrogen (secondary N) is 2. The monoisotopic (exact) mass is 823 g/mol. The second-order valence-electron chi connectivity index (χ2n) is 13.3. The van der Waals surface area contributed by atoms with Gasteiger partial charge in [-0.15, -0.1) is 11.3 Å². The molecular weight excluding hydrogens is 789 g/mol. The van der Waals surface area contributed by atoms with Crippen LogP contribution in [0.4, 0.5) is 20.2 Å². The first-order valence-corrected chi connectivity index (χ1v) is 20.9. The first kappa shape index (κ1) is 38.9. The number of hydrogen-bond acceptors (Lipinski definition) is 12. The fourth-order valence-corrected chi connectivity index (χ4v) is 9.58. The molecule has 2 N–H and O–H groups in total. The van der Waals surface area contributed by atoms with Crippen molar-refractivity contribution in [3.63, 3.8) is 0 Å². The van der Waals surface area contributed by atoms with Crippen molar-refractivity contribution in [2.24, 2.45) is 0 Å². The number of anilines is 2.